The zero-order valence-electron chi connectivity index (χ0n) is 17.1. The molecule has 2 aromatic carbocycles. The van der Waals surface area contributed by atoms with E-state index < -0.39 is 0 Å². The fraction of sp³-hybridized carbons (Fsp3) is 0.250. The molecule has 0 atom stereocenters. The molecule has 1 aliphatic heterocycles. The van der Waals surface area contributed by atoms with Crippen molar-refractivity contribution in [2.45, 2.75) is 27.3 Å². The molecule has 0 radical (unpaired) electrons. The van der Waals surface area contributed by atoms with Crippen LogP contribution >= 0.6 is 0 Å². The highest BCUT2D eigenvalue weighted by Crippen LogP contribution is 2.32. The lowest BCUT2D eigenvalue weighted by Crippen LogP contribution is -2.46. The van der Waals surface area contributed by atoms with Gasteiger partial charge in [0.25, 0.3) is 0 Å². The standard InChI is InChI=1S/C24H26N4O/c1-17-7-10-20(11-8-17)16-27-13-14-28(22-5-4-12-25-23(22)27)24(29)26-21-15-18(2)6-9-19(21)3/h4-12,15H,13-14,16H2,1-3H3,(H,26,29). The van der Waals surface area contributed by atoms with E-state index in [1.807, 2.05) is 44.2 Å². The van der Waals surface area contributed by atoms with Crippen LogP contribution in [-0.2, 0) is 6.54 Å². The third-order valence-corrected chi connectivity index (χ3v) is 5.32. The number of nitrogens with one attached hydrogen (secondary N) is 1. The second kappa shape index (κ2) is 7.95. The number of fused-ring (bicyclic) bond motifs is 1. The van der Waals surface area contributed by atoms with Crippen LogP contribution < -0.4 is 15.1 Å². The first-order valence-corrected chi connectivity index (χ1v) is 9.92. The van der Waals surface area contributed by atoms with Gasteiger partial charge >= 0.3 is 6.03 Å². The summed E-state index contributed by atoms with van der Waals surface area (Å²) in [5, 5.41) is 3.07. The Balaban J connectivity index is 1.57. The maximum atomic E-state index is 13.1. The van der Waals surface area contributed by atoms with Gasteiger partial charge in [-0.1, -0.05) is 42.0 Å². The molecule has 1 aliphatic rings. The molecule has 0 saturated heterocycles. The molecule has 1 N–H and O–H groups in total. The van der Waals surface area contributed by atoms with Crippen molar-refractivity contribution in [1.82, 2.24) is 4.98 Å². The molecule has 3 aromatic rings. The van der Waals surface area contributed by atoms with Crippen LogP contribution in [0.25, 0.3) is 0 Å². The van der Waals surface area contributed by atoms with Crippen LogP contribution in [-0.4, -0.2) is 24.1 Å². The largest absolute Gasteiger partial charge is 0.349 e. The van der Waals surface area contributed by atoms with Crippen molar-refractivity contribution >= 4 is 23.2 Å². The number of carbonyl (C=O) groups is 1. The van der Waals surface area contributed by atoms with Gasteiger partial charge in [-0.25, -0.2) is 9.78 Å². The Kier molecular flexibility index (Phi) is 5.21. The Labute approximate surface area is 172 Å². The monoisotopic (exact) mass is 386 g/mol. The number of anilines is 3. The Bertz CT molecular complexity index is 1030. The van der Waals surface area contributed by atoms with Crippen LogP contribution in [0.15, 0.2) is 60.8 Å². The highest BCUT2D eigenvalue weighted by molar-refractivity contribution is 6.04. The second-order valence-corrected chi connectivity index (χ2v) is 7.65. The number of hydrogen-bond donors (Lipinski definition) is 1. The summed E-state index contributed by atoms with van der Waals surface area (Å²) in [6, 6.07) is 18.4. The Hall–Kier alpha value is -3.34. The average Bonchev–Trinajstić information content (AvgIpc) is 2.72. The number of nitrogens with zero attached hydrogens (tertiary/aromatic N) is 3. The van der Waals surface area contributed by atoms with Gasteiger partial charge in [-0.3, -0.25) is 4.90 Å². The normalized spacial score (nSPS) is 13.2. The Morgan fingerprint density at radius 3 is 2.55 bits per heavy atom. The van der Waals surface area contributed by atoms with Gasteiger partial charge in [0.1, 0.15) is 0 Å². The summed E-state index contributed by atoms with van der Waals surface area (Å²) in [7, 11) is 0. The summed E-state index contributed by atoms with van der Waals surface area (Å²) in [6.07, 6.45) is 1.78. The number of hydrogen-bond acceptors (Lipinski definition) is 3. The van der Waals surface area contributed by atoms with Crippen LogP contribution in [0.1, 0.15) is 22.3 Å². The zero-order valence-corrected chi connectivity index (χ0v) is 17.1. The first-order valence-electron chi connectivity index (χ1n) is 9.92. The molecule has 0 bridgehead atoms. The van der Waals surface area contributed by atoms with E-state index in [9.17, 15) is 4.79 Å². The Morgan fingerprint density at radius 1 is 1.00 bits per heavy atom. The molecular weight excluding hydrogens is 360 g/mol. The molecule has 0 aliphatic carbocycles. The second-order valence-electron chi connectivity index (χ2n) is 7.65. The van der Waals surface area contributed by atoms with Gasteiger partial charge in [-0.05, 0) is 55.7 Å². The summed E-state index contributed by atoms with van der Waals surface area (Å²) in [6.45, 7) is 8.24. The van der Waals surface area contributed by atoms with Crippen molar-refractivity contribution in [1.29, 1.82) is 0 Å². The molecule has 0 fully saturated rings. The van der Waals surface area contributed by atoms with Crippen molar-refractivity contribution in [3.8, 4) is 0 Å². The van der Waals surface area contributed by atoms with Crippen LogP contribution in [0.4, 0.5) is 22.0 Å². The molecular formula is C24H26N4O. The predicted molar refractivity (Wildman–Crippen MR) is 119 cm³/mol. The van der Waals surface area contributed by atoms with E-state index in [1.54, 1.807) is 11.1 Å². The van der Waals surface area contributed by atoms with E-state index in [-0.39, 0.29) is 6.03 Å². The molecule has 5 heteroatoms. The third-order valence-electron chi connectivity index (χ3n) is 5.32. The molecule has 1 aromatic heterocycles. The number of aromatic nitrogens is 1. The minimum absolute atomic E-state index is 0.122. The summed E-state index contributed by atoms with van der Waals surface area (Å²) >= 11 is 0. The highest BCUT2D eigenvalue weighted by atomic mass is 16.2. The number of rotatable bonds is 3. The first-order chi connectivity index (χ1) is 14.0. The van der Waals surface area contributed by atoms with E-state index in [0.29, 0.717) is 6.54 Å². The molecule has 148 valence electrons. The molecule has 0 saturated carbocycles. The number of urea groups is 1. The minimum Gasteiger partial charge on any atom is -0.349 e. The maximum Gasteiger partial charge on any atom is 0.326 e. The molecule has 29 heavy (non-hydrogen) atoms. The Morgan fingerprint density at radius 2 is 1.76 bits per heavy atom. The van der Waals surface area contributed by atoms with Crippen molar-refractivity contribution in [2.24, 2.45) is 0 Å². The maximum absolute atomic E-state index is 13.1. The summed E-state index contributed by atoms with van der Waals surface area (Å²) in [5.74, 6) is 0.843. The van der Waals surface area contributed by atoms with Crippen molar-refractivity contribution in [2.75, 3.05) is 28.2 Å². The van der Waals surface area contributed by atoms with E-state index in [1.165, 1.54) is 11.1 Å². The molecule has 4 rings (SSSR count). The average molecular weight is 386 g/mol. The number of pyridine rings is 1. The number of benzene rings is 2. The van der Waals surface area contributed by atoms with Gasteiger partial charge in [0.2, 0.25) is 0 Å². The van der Waals surface area contributed by atoms with Crippen LogP contribution in [0, 0.1) is 20.8 Å². The quantitative estimate of drug-likeness (QED) is 0.684. The van der Waals surface area contributed by atoms with Crippen LogP contribution in [0.3, 0.4) is 0 Å². The minimum atomic E-state index is -0.122. The van der Waals surface area contributed by atoms with Gasteiger partial charge in [0.05, 0.1) is 5.69 Å². The van der Waals surface area contributed by atoms with E-state index in [0.717, 1.165) is 41.4 Å². The number of aryl methyl sites for hydroxylation is 3. The van der Waals surface area contributed by atoms with Crippen LogP contribution in [0.2, 0.25) is 0 Å². The van der Waals surface area contributed by atoms with Gasteiger partial charge in [-0.15, -0.1) is 0 Å². The SMILES string of the molecule is Cc1ccc(CN2CCN(C(=O)Nc3cc(C)ccc3C)c3cccnc32)cc1. The number of carbonyl (C=O) groups excluding carboxylic acids is 1. The fourth-order valence-electron chi connectivity index (χ4n) is 3.62. The fourth-order valence-corrected chi connectivity index (χ4v) is 3.62. The van der Waals surface area contributed by atoms with Gasteiger partial charge < -0.3 is 10.2 Å². The third kappa shape index (κ3) is 4.09. The summed E-state index contributed by atoms with van der Waals surface area (Å²) in [5.41, 5.74) is 6.35. The molecule has 2 heterocycles. The predicted octanol–water partition coefficient (Wildman–Crippen LogP) is 5.07. The zero-order chi connectivity index (χ0) is 20.4. The topological polar surface area (TPSA) is 48.5 Å². The molecule has 0 spiro atoms. The molecule has 2 amide bonds. The molecule has 5 nitrogen and oxygen atoms in total. The van der Waals surface area contributed by atoms with E-state index >= 15 is 0 Å². The smallest absolute Gasteiger partial charge is 0.326 e. The van der Waals surface area contributed by atoms with E-state index in [4.69, 9.17) is 0 Å². The van der Waals surface area contributed by atoms with Crippen molar-refractivity contribution in [3.63, 3.8) is 0 Å². The van der Waals surface area contributed by atoms with Crippen molar-refractivity contribution in [3.05, 3.63) is 83.0 Å². The lowest BCUT2D eigenvalue weighted by Gasteiger charge is -2.36. The summed E-state index contributed by atoms with van der Waals surface area (Å²) < 4.78 is 0. The van der Waals surface area contributed by atoms with Crippen molar-refractivity contribution < 1.29 is 4.79 Å². The highest BCUT2D eigenvalue weighted by Gasteiger charge is 2.28. The molecule has 0 unspecified atom stereocenters. The summed E-state index contributed by atoms with van der Waals surface area (Å²) in [4.78, 5) is 21.7. The lowest BCUT2D eigenvalue weighted by molar-refractivity contribution is 0.256. The number of amides is 2. The van der Waals surface area contributed by atoms with E-state index in [2.05, 4.69) is 46.4 Å². The first kappa shape index (κ1) is 19.0. The van der Waals surface area contributed by atoms with Crippen LogP contribution in [0.5, 0.6) is 0 Å². The lowest BCUT2D eigenvalue weighted by atomic mass is 10.1. The van der Waals surface area contributed by atoms with Gasteiger partial charge in [0, 0.05) is 31.5 Å². The van der Waals surface area contributed by atoms with Gasteiger partial charge in [-0.2, -0.15) is 0 Å². The van der Waals surface area contributed by atoms with Gasteiger partial charge in [0.15, 0.2) is 5.82 Å².